The Morgan fingerprint density at radius 3 is 2.65 bits per heavy atom. The van der Waals surface area contributed by atoms with Gasteiger partial charge in [-0.2, -0.15) is 0 Å². The third kappa shape index (κ3) is 4.48. The molecule has 0 aromatic heterocycles. The van der Waals surface area contributed by atoms with Gasteiger partial charge in [-0.3, -0.25) is 4.79 Å². The van der Waals surface area contributed by atoms with Gasteiger partial charge in [0.05, 0.1) is 5.69 Å². The molecule has 0 saturated heterocycles. The number of anilines is 1. The Morgan fingerprint density at radius 2 is 2.15 bits per heavy atom. The molecule has 2 amide bonds. The minimum Gasteiger partial charge on any atom is -0.480 e. The molecule has 5 nitrogen and oxygen atoms in total. The number of nitrogens with one attached hydrogen (secondary N) is 1. The molecule has 1 rings (SSSR count). The van der Waals surface area contributed by atoms with Crippen LogP contribution in [0.2, 0.25) is 0 Å². The first-order valence-corrected chi connectivity index (χ1v) is 6.89. The Balaban J connectivity index is 2.87. The highest BCUT2D eigenvalue weighted by molar-refractivity contribution is 9.10. The monoisotopic (exact) mass is 346 g/mol. The van der Waals surface area contributed by atoms with Crippen molar-refractivity contribution < 1.29 is 19.1 Å². The van der Waals surface area contributed by atoms with Gasteiger partial charge in [0.25, 0.3) is 0 Å². The van der Waals surface area contributed by atoms with E-state index in [1.807, 2.05) is 6.92 Å². The lowest BCUT2D eigenvalue weighted by Gasteiger charge is -2.27. The SMILES string of the molecule is CCC(C)N(CC(=O)O)C(=O)Nc1ccc(Br)cc1F. The summed E-state index contributed by atoms with van der Waals surface area (Å²) in [5.74, 6) is -1.70. The summed E-state index contributed by atoms with van der Waals surface area (Å²) in [6.45, 7) is 3.15. The zero-order valence-corrected chi connectivity index (χ0v) is 12.8. The summed E-state index contributed by atoms with van der Waals surface area (Å²) >= 11 is 3.12. The molecule has 0 aliphatic rings. The van der Waals surface area contributed by atoms with Gasteiger partial charge in [0.2, 0.25) is 0 Å². The maximum absolute atomic E-state index is 13.6. The van der Waals surface area contributed by atoms with Crippen LogP contribution in [0.5, 0.6) is 0 Å². The summed E-state index contributed by atoms with van der Waals surface area (Å²) in [7, 11) is 0. The van der Waals surface area contributed by atoms with Crippen LogP contribution in [0.25, 0.3) is 0 Å². The lowest BCUT2D eigenvalue weighted by molar-refractivity contribution is -0.138. The van der Waals surface area contributed by atoms with Gasteiger partial charge in [-0.15, -0.1) is 0 Å². The van der Waals surface area contributed by atoms with Gasteiger partial charge in [0.1, 0.15) is 12.4 Å². The molecule has 110 valence electrons. The fraction of sp³-hybridized carbons (Fsp3) is 0.385. The van der Waals surface area contributed by atoms with Crippen molar-refractivity contribution in [3.63, 3.8) is 0 Å². The van der Waals surface area contributed by atoms with Crippen LogP contribution in [0.3, 0.4) is 0 Å². The van der Waals surface area contributed by atoms with Gasteiger partial charge in [-0.25, -0.2) is 9.18 Å². The highest BCUT2D eigenvalue weighted by Crippen LogP contribution is 2.20. The van der Waals surface area contributed by atoms with Crippen molar-refractivity contribution in [2.45, 2.75) is 26.3 Å². The number of aliphatic carboxylic acids is 1. The van der Waals surface area contributed by atoms with Crippen molar-refractivity contribution in [3.8, 4) is 0 Å². The molecule has 20 heavy (non-hydrogen) atoms. The Kier molecular flexibility index (Phi) is 5.94. The number of carbonyl (C=O) groups is 2. The Morgan fingerprint density at radius 1 is 1.50 bits per heavy atom. The standard InChI is InChI=1S/C13H16BrFN2O3/c1-3-8(2)17(7-12(18)19)13(20)16-11-5-4-9(14)6-10(11)15/h4-6,8H,3,7H2,1-2H3,(H,16,20)(H,18,19). The van der Waals surface area contributed by atoms with Crippen molar-refractivity contribution >= 4 is 33.6 Å². The average Bonchev–Trinajstić information content (AvgIpc) is 2.38. The largest absolute Gasteiger partial charge is 0.480 e. The molecule has 1 aromatic rings. The second-order valence-electron chi connectivity index (χ2n) is 4.33. The number of amides is 2. The Hall–Kier alpha value is -1.63. The van der Waals surface area contributed by atoms with Crippen LogP contribution in [0.15, 0.2) is 22.7 Å². The van der Waals surface area contributed by atoms with E-state index >= 15 is 0 Å². The summed E-state index contributed by atoms with van der Waals surface area (Å²) in [5, 5.41) is 11.2. The minimum atomic E-state index is -1.11. The average molecular weight is 347 g/mol. The van der Waals surface area contributed by atoms with Crippen LogP contribution >= 0.6 is 15.9 Å². The quantitative estimate of drug-likeness (QED) is 0.859. The predicted molar refractivity (Wildman–Crippen MR) is 77.2 cm³/mol. The fourth-order valence-corrected chi connectivity index (χ4v) is 1.90. The highest BCUT2D eigenvalue weighted by atomic mass is 79.9. The summed E-state index contributed by atoms with van der Waals surface area (Å²) in [5.41, 5.74) is 0.0110. The fourth-order valence-electron chi connectivity index (χ4n) is 1.57. The first-order valence-electron chi connectivity index (χ1n) is 6.09. The van der Waals surface area contributed by atoms with E-state index in [9.17, 15) is 14.0 Å². The molecule has 1 aromatic carbocycles. The van der Waals surface area contributed by atoms with E-state index in [2.05, 4.69) is 21.2 Å². The molecule has 1 atom stereocenters. The number of urea groups is 1. The van der Waals surface area contributed by atoms with Crippen LogP contribution in [-0.2, 0) is 4.79 Å². The first kappa shape index (κ1) is 16.4. The number of hydrogen-bond acceptors (Lipinski definition) is 2. The summed E-state index contributed by atoms with van der Waals surface area (Å²) < 4.78 is 14.2. The normalized spacial score (nSPS) is 11.8. The number of halogens is 2. The molecule has 0 bridgehead atoms. The van der Waals surface area contributed by atoms with Crippen LogP contribution in [-0.4, -0.2) is 34.6 Å². The van der Waals surface area contributed by atoms with E-state index < -0.39 is 24.4 Å². The minimum absolute atomic E-state index is 0.0110. The molecular weight excluding hydrogens is 331 g/mol. The first-order chi connectivity index (χ1) is 9.35. The van der Waals surface area contributed by atoms with Crippen LogP contribution in [0.1, 0.15) is 20.3 Å². The van der Waals surface area contributed by atoms with Crippen molar-refractivity contribution in [2.75, 3.05) is 11.9 Å². The van der Waals surface area contributed by atoms with E-state index in [-0.39, 0.29) is 11.7 Å². The number of carboxylic acid groups (broad SMARTS) is 1. The second-order valence-corrected chi connectivity index (χ2v) is 5.25. The van der Waals surface area contributed by atoms with Crippen molar-refractivity contribution in [1.29, 1.82) is 0 Å². The molecule has 0 heterocycles. The lowest BCUT2D eigenvalue weighted by atomic mass is 10.2. The maximum Gasteiger partial charge on any atom is 0.323 e. The maximum atomic E-state index is 13.6. The molecule has 0 fully saturated rings. The smallest absolute Gasteiger partial charge is 0.323 e. The van der Waals surface area contributed by atoms with E-state index in [1.165, 1.54) is 12.1 Å². The molecule has 7 heteroatoms. The summed E-state index contributed by atoms with van der Waals surface area (Å²) in [6.07, 6.45) is 0.601. The summed E-state index contributed by atoms with van der Waals surface area (Å²) in [6, 6.07) is 3.32. The molecule has 0 aliphatic carbocycles. The Labute approximate surface area is 124 Å². The highest BCUT2D eigenvalue weighted by Gasteiger charge is 2.22. The molecular formula is C13H16BrFN2O3. The molecule has 0 aliphatic heterocycles. The van der Waals surface area contributed by atoms with Crippen LogP contribution in [0.4, 0.5) is 14.9 Å². The number of carbonyl (C=O) groups excluding carboxylic acids is 1. The van der Waals surface area contributed by atoms with E-state index in [0.29, 0.717) is 10.9 Å². The molecule has 2 N–H and O–H groups in total. The Bertz CT molecular complexity index is 510. The topological polar surface area (TPSA) is 69.6 Å². The number of hydrogen-bond donors (Lipinski definition) is 2. The van der Waals surface area contributed by atoms with Gasteiger partial charge < -0.3 is 15.3 Å². The van der Waals surface area contributed by atoms with Crippen LogP contribution < -0.4 is 5.32 Å². The third-order valence-corrected chi connectivity index (χ3v) is 3.36. The molecule has 0 radical (unpaired) electrons. The van der Waals surface area contributed by atoms with Crippen molar-refractivity contribution in [1.82, 2.24) is 4.90 Å². The van der Waals surface area contributed by atoms with Crippen molar-refractivity contribution in [3.05, 3.63) is 28.5 Å². The zero-order chi connectivity index (χ0) is 15.3. The molecule has 0 saturated carbocycles. The molecule has 0 spiro atoms. The zero-order valence-electron chi connectivity index (χ0n) is 11.2. The van der Waals surface area contributed by atoms with Crippen molar-refractivity contribution in [2.24, 2.45) is 0 Å². The predicted octanol–water partition coefficient (Wildman–Crippen LogP) is 3.31. The van der Waals surface area contributed by atoms with Gasteiger partial charge in [0.15, 0.2) is 0 Å². The van der Waals surface area contributed by atoms with Gasteiger partial charge >= 0.3 is 12.0 Å². The van der Waals surface area contributed by atoms with E-state index in [0.717, 1.165) is 4.90 Å². The summed E-state index contributed by atoms with van der Waals surface area (Å²) in [4.78, 5) is 24.0. The van der Waals surface area contributed by atoms with E-state index in [1.54, 1.807) is 13.0 Å². The third-order valence-electron chi connectivity index (χ3n) is 2.86. The number of carboxylic acids is 1. The van der Waals surface area contributed by atoms with Gasteiger partial charge in [-0.1, -0.05) is 22.9 Å². The van der Waals surface area contributed by atoms with Gasteiger partial charge in [0, 0.05) is 10.5 Å². The number of benzene rings is 1. The van der Waals surface area contributed by atoms with E-state index in [4.69, 9.17) is 5.11 Å². The number of rotatable bonds is 5. The van der Waals surface area contributed by atoms with Gasteiger partial charge in [-0.05, 0) is 31.5 Å². The lowest BCUT2D eigenvalue weighted by Crippen LogP contribution is -2.44. The second kappa shape index (κ2) is 7.23. The number of nitrogens with zero attached hydrogens (tertiary/aromatic N) is 1. The molecule has 1 unspecified atom stereocenters. The van der Waals surface area contributed by atoms with Crippen LogP contribution in [0, 0.1) is 5.82 Å².